The third kappa shape index (κ3) is 8.27. The Bertz CT molecular complexity index is 1260. The van der Waals surface area contributed by atoms with Crippen molar-refractivity contribution in [2.75, 3.05) is 31.1 Å². The number of anilines is 1. The first-order valence-corrected chi connectivity index (χ1v) is 14.1. The third-order valence-corrected chi connectivity index (χ3v) is 7.44. The molecule has 39 heavy (non-hydrogen) atoms. The fraction of sp³-hybridized carbons (Fsp3) is 0.419. The molecule has 4 rings (SSSR count). The highest BCUT2D eigenvalue weighted by Gasteiger charge is 2.26. The van der Waals surface area contributed by atoms with Gasteiger partial charge in [-0.2, -0.15) is 0 Å². The van der Waals surface area contributed by atoms with Gasteiger partial charge >= 0.3 is 5.97 Å². The summed E-state index contributed by atoms with van der Waals surface area (Å²) in [5, 5.41) is 10.1. The highest BCUT2D eigenvalue weighted by molar-refractivity contribution is 6.30. The quantitative estimate of drug-likeness (QED) is 0.328. The number of hydrogen-bond donors (Lipinski definition) is 1. The summed E-state index contributed by atoms with van der Waals surface area (Å²) in [5.74, 6) is 0.153. The summed E-state index contributed by atoms with van der Waals surface area (Å²) in [6, 6.07) is 18.1. The van der Waals surface area contributed by atoms with Crippen LogP contribution >= 0.6 is 11.6 Å². The van der Waals surface area contributed by atoms with Gasteiger partial charge in [-0.25, -0.2) is 9.97 Å². The average molecular weight is 549 g/mol. The zero-order valence-electron chi connectivity index (χ0n) is 22.7. The molecule has 0 unspecified atom stereocenters. The monoisotopic (exact) mass is 548 g/mol. The van der Waals surface area contributed by atoms with Gasteiger partial charge in [-0.1, -0.05) is 67.9 Å². The molecule has 1 amide bonds. The van der Waals surface area contributed by atoms with Crippen LogP contribution in [-0.2, 0) is 17.6 Å². The average Bonchev–Trinajstić information content (AvgIpc) is 2.91. The summed E-state index contributed by atoms with van der Waals surface area (Å²) in [7, 11) is 0. The first-order valence-electron chi connectivity index (χ1n) is 13.7. The number of carboxylic acid groups (broad SMARTS) is 1. The van der Waals surface area contributed by atoms with Gasteiger partial charge in [0, 0.05) is 37.3 Å². The molecule has 2 aromatic carbocycles. The number of aliphatic carboxylic acids is 1. The second-order valence-corrected chi connectivity index (χ2v) is 11.2. The smallest absolute Gasteiger partial charge is 0.323 e. The molecule has 1 saturated heterocycles. The molecule has 3 aromatic rings. The number of halogens is 1. The SMILES string of the molecule is CC(C)CCN(CC(=O)O)C(=O)c1cnc(N2CCC(Cc3ccccc3)CC2)nc1Cc1cccc(Cl)c1. The van der Waals surface area contributed by atoms with Crippen molar-refractivity contribution in [2.24, 2.45) is 11.8 Å². The molecular formula is C31H37ClN4O3. The molecule has 2 heterocycles. The largest absolute Gasteiger partial charge is 0.480 e. The Balaban J connectivity index is 1.56. The van der Waals surface area contributed by atoms with Crippen LogP contribution in [0.5, 0.6) is 0 Å². The summed E-state index contributed by atoms with van der Waals surface area (Å²) in [5.41, 5.74) is 3.21. The van der Waals surface area contributed by atoms with Crippen LogP contribution in [0.15, 0.2) is 60.8 Å². The fourth-order valence-corrected chi connectivity index (χ4v) is 5.21. The van der Waals surface area contributed by atoms with E-state index in [1.54, 1.807) is 6.20 Å². The molecule has 0 spiro atoms. The van der Waals surface area contributed by atoms with Crippen LogP contribution in [0.1, 0.15) is 60.3 Å². The molecule has 1 aromatic heterocycles. The second-order valence-electron chi connectivity index (χ2n) is 10.8. The van der Waals surface area contributed by atoms with Crippen molar-refractivity contribution in [1.29, 1.82) is 0 Å². The Kier molecular flexibility index (Phi) is 9.93. The van der Waals surface area contributed by atoms with Crippen molar-refractivity contribution >= 4 is 29.4 Å². The lowest BCUT2D eigenvalue weighted by Gasteiger charge is -2.32. The van der Waals surface area contributed by atoms with Crippen LogP contribution in [0.2, 0.25) is 5.02 Å². The molecule has 0 bridgehead atoms. The maximum absolute atomic E-state index is 13.6. The molecule has 1 aliphatic rings. The minimum Gasteiger partial charge on any atom is -0.480 e. The van der Waals surface area contributed by atoms with Gasteiger partial charge in [-0.3, -0.25) is 9.59 Å². The number of carbonyl (C=O) groups excluding carboxylic acids is 1. The zero-order chi connectivity index (χ0) is 27.8. The van der Waals surface area contributed by atoms with E-state index in [-0.39, 0.29) is 12.5 Å². The summed E-state index contributed by atoms with van der Waals surface area (Å²) < 4.78 is 0. The molecule has 206 valence electrons. The number of rotatable bonds is 11. The van der Waals surface area contributed by atoms with Crippen molar-refractivity contribution < 1.29 is 14.7 Å². The van der Waals surface area contributed by atoms with E-state index in [1.165, 1.54) is 10.5 Å². The third-order valence-electron chi connectivity index (χ3n) is 7.20. The Hall–Kier alpha value is -3.45. The van der Waals surface area contributed by atoms with Crippen LogP contribution in [0.4, 0.5) is 5.95 Å². The van der Waals surface area contributed by atoms with Gasteiger partial charge in [-0.15, -0.1) is 0 Å². The van der Waals surface area contributed by atoms with Gasteiger partial charge in [0.05, 0.1) is 11.3 Å². The van der Waals surface area contributed by atoms with Gasteiger partial charge in [0.25, 0.3) is 5.91 Å². The van der Waals surface area contributed by atoms with E-state index in [1.807, 2.05) is 30.3 Å². The zero-order valence-corrected chi connectivity index (χ0v) is 23.5. The molecule has 8 heteroatoms. The van der Waals surface area contributed by atoms with Crippen molar-refractivity contribution in [3.8, 4) is 0 Å². The highest BCUT2D eigenvalue weighted by Crippen LogP contribution is 2.26. The van der Waals surface area contributed by atoms with E-state index < -0.39 is 5.97 Å². The van der Waals surface area contributed by atoms with E-state index in [4.69, 9.17) is 16.6 Å². The van der Waals surface area contributed by atoms with Gasteiger partial charge in [0.1, 0.15) is 6.54 Å². The lowest BCUT2D eigenvalue weighted by atomic mass is 9.90. The van der Waals surface area contributed by atoms with E-state index in [9.17, 15) is 14.7 Å². The van der Waals surface area contributed by atoms with Crippen LogP contribution in [0.25, 0.3) is 0 Å². The number of aromatic nitrogens is 2. The summed E-state index contributed by atoms with van der Waals surface area (Å²) >= 11 is 6.24. The van der Waals surface area contributed by atoms with E-state index in [2.05, 4.69) is 48.0 Å². The van der Waals surface area contributed by atoms with Crippen molar-refractivity contribution in [3.63, 3.8) is 0 Å². The Labute approximate surface area is 235 Å². The van der Waals surface area contributed by atoms with Gasteiger partial charge in [-0.05, 0) is 60.8 Å². The number of hydrogen-bond acceptors (Lipinski definition) is 5. The maximum Gasteiger partial charge on any atom is 0.323 e. The van der Waals surface area contributed by atoms with Gasteiger partial charge < -0.3 is 14.9 Å². The highest BCUT2D eigenvalue weighted by atomic mass is 35.5. The van der Waals surface area contributed by atoms with Gasteiger partial charge in [0.2, 0.25) is 5.95 Å². The molecule has 7 nitrogen and oxygen atoms in total. The van der Waals surface area contributed by atoms with Crippen LogP contribution in [0, 0.1) is 11.8 Å². The summed E-state index contributed by atoms with van der Waals surface area (Å²) in [6.07, 6.45) is 5.84. The van der Waals surface area contributed by atoms with E-state index in [0.717, 1.165) is 37.9 Å². The summed E-state index contributed by atoms with van der Waals surface area (Å²) in [6.45, 7) is 5.79. The number of piperidine rings is 1. The fourth-order valence-electron chi connectivity index (χ4n) is 5.00. The topological polar surface area (TPSA) is 86.6 Å². The van der Waals surface area contributed by atoms with Crippen molar-refractivity contribution in [1.82, 2.24) is 14.9 Å². The number of nitrogens with zero attached hydrogens (tertiary/aromatic N) is 4. The van der Waals surface area contributed by atoms with E-state index >= 15 is 0 Å². The number of amides is 1. The van der Waals surface area contributed by atoms with Crippen LogP contribution < -0.4 is 4.90 Å². The minimum atomic E-state index is -1.04. The number of benzene rings is 2. The van der Waals surface area contributed by atoms with Crippen molar-refractivity contribution in [3.05, 3.63) is 88.2 Å². The molecule has 1 fully saturated rings. The Morgan fingerprint density at radius 3 is 2.46 bits per heavy atom. The van der Waals surface area contributed by atoms with Crippen LogP contribution in [0.3, 0.4) is 0 Å². The predicted octanol–water partition coefficient (Wildman–Crippen LogP) is 5.75. The first-order chi connectivity index (χ1) is 18.8. The Morgan fingerprint density at radius 1 is 1.08 bits per heavy atom. The lowest BCUT2D eigenvalue weighted by molar-refractivity contribution is -0.137. The molecule has 1 N–H and O–H groups in total. The maximum atomic E-state index is 13.6. The lowest BCUT2D eigenvalue weighted by Crippen LogP contribution is -2.38. The summed E-state index contributed by atoms with van der Waals surface area (Å²) in [4.78, 5) is 38.2. The van der Waals surface area contributed by atoms with Crippen molar-refractivity contribution in [2.45, 2.75) is 46.0 Å². The molecular weight excluding hydrogens is 512 g/mol. The molecule has 0 atom stereocenters. The molecule has 0 saturated carbocycles. The van der Waals surface area contributed by atoms with Gasteiger partial charge in [0.15, 0.2) is 0 Å². The normalized spacial score (nSPS) is 14.0. The van der Waals surface area contributed by atoms with Crippen LogP contribution in [-0.4, -0.2) is 58.0 Å². The second kappa shape index (κ2) is 13.6. The Morgan fingerprint density at radius 2 is 1.79 bits per heavy atom. The molecule has 0 aliphatic carbocycles. The minimum absolute atomic E-state index is 0.336. The van der Waals surface area contributed by atoms with E-state index in [0.29, 0.717) is 53.5 Å². The number of carbonyl (C=O) groups is 2. The molecule has 0 radical (unpaired) electrons. The first kappa shape index (κ1) is 28.6. The predicted molar refractivity (Wildman–Crippen MR) is 154 cm³/mol. The standard InChI is InChI=1S/C31H37ClN4O3/c1-22(2)11-14-36(21-29(37)38)30(39)27-20-33-31(34-28(27)19-25-9-6-10-26(32)18-25)35-15-12-24(13-16-35)17-23-7-4-3-5-8-23/h3-10,18,20,22,24H,11-17,19,21H2,1-2H3,(H,37,38). The molecule has 1 aliphatic heterocycles. The number of carboxylic acids is 1.